The maximum absolute atomic E-state index is 11.0. The normalized spacial score (nSPS) is 10.1. The van der Waals surface area contributed by atoms with Gasteiger partial charge in [-0.25, -0.2) is 0 Å². The molecule has 0 aliphatic rings. The van der Waals surface area contributed by atoms with Crippen molar-refractivity contribution in [3.8, 4) is 0 Å². The van der Waals surface area contributed by atoms with Crippen LogP contribution in [0, 0.1) is 0 Å². The van der Waals surface area contributed by atoms with Gasteiger partial charge in [0.25, 0.3) is 0 Å². The maximum atomic E-state index is 11.0. The van der Waals surface area contributed by atoms with Crippen molar-refractivity contribution in [2.45, 2.75) is 27.2 Å². The van der Waals surface area contributed by atoms with E-state index in [1.165, 1.54) is 7.11 Å². The monoisotopic (exact) mass is 337 g/mol. The molecule has 0 saturated heterocycles. The van der Waals surface area contributed by atoms with Crippen LogP contribution in [0.3, 0.4) is 0 Å². The van der Waals surface area contributed by atoms with Crippen LogP contribution in [0.4, 0.5) is 0 Å². The largest absolute Gasteiger partial charge is 0.379 e. The molecule has 7 nitrogen and oxygen atoms in total. The first-order valence-electron chi connectivity index (χ1n) is 8.37. The minimum absolute atomic E-state index is 0.0760. The van der Waals surface area contributed by atoms with Crippen molar-refractivity contribution < 1.29 is 28.5 Å². The van der Waals surface area contributed by atoms with Crippen LogP contribution in [0.15, 0.2) is 0 Å². The Morgan fingerprint density at radius 3 is 1.65 bits per heavy atom. The molecule has 0 rings (SSSR count). The van der Waals surface area contributed by atoms with E-state index in [2.05, 4.69) is 17.0 Å². The third-order valence-corrected chi connectivity index (χ3v) is 2.31. The number of carbonyl (C=O) groups excluding carboxylic acids is 1. The van der Waals surface area contributed by atoms with Crippen molar-refractivity contribution in [2.75, 3.05) is 73.1 Å². The Morgan fingerprint density at radius 2 is 1.22 bits per heavy atom. The van der Waals surface area contributed by atoms with Crippen molar-refractivity contribution in [2.24, 2.45) is 0 Å². The van der Waals surface area contributed by atoms with E-state index in [0.717, 1.165) is 13.0 Å². The fourth-order valence-electron chi connectivity index (χ4n) is 1.35. The second-order valence-electron chi connectivity index (χ2n) is 4.23. The third-order valence-electron chi connectivity index (χ3n) is 2.31. The lowest BCUT2D eigenvalue weighted by molar-refractivity contribution is -0.125. The summed E-state index contributed by atoms with van der Waals surface area (Å²) in [4.78, 5) is 11.0. The number of amides is 1. The predicted octanol–water partition coefficient (Wildman–Crippen LogP) is 1.25. The van der Waals surface area contributed by atoms with E-state index in [0.29, 0.717) is 52.8 Å². The summed E-state index contributed by atoms with van der Waals surface area (Å²) in [6, 6.07) is 0. The minimum atomic E-state index is -0.141. The van der Waals surface area contributed by atoms with Crippen molar-refractivity contribution in [1.29, 1.82) is 0 Å². The molecule has 0 unspecified atom stereocenters. The highest BCUT2D eigenvalue weighted by atomic mass is 16.6. The SMILES string of the molecule is CC.CCCOCCOCCOCCOCCNC(=O)COC. The van der Waals surface area contributed by atoms with Crippen LogP contribution in [-0.4, -0.2) is 79.0 Å². The summed E-state index contributed by atoms with van der Waals surface area (Å²) in [6.45, 7) is 11.2. The summed E-state index contributed by atoms with van der Waals surface area (Å²) < 4.78 is 25.9. The molecular weight excluding hydrogens is 302 g/mol. The van der Waals surface area contributed by atoms with E-state index in [-0.39, 0.29) is 12.5 Å². The zero-order valence-electron chi connectivity index (χ0n) is 15.2. The van der Waals surface area contributed by atoms with Gasteiger partial charge in [0.1, 0.15) is 6.61 Å². The van der Waals surface area contributed by atoms with Crippen molar-refractivity contribution in [3.63, 3.8) is 0 Å². The van der Waals surface area contributed by atoms with Crippen LogP contribution in [0.2, 0.25) is 0 Å². The number of hydrogen-bond acceptors (Lipinski definition) is 6. The van der Waals surface area contributed by atoms with Crippen LogP contribution in [0.5, 0.6) is 0 Å². The van der Waals surface area contributed by atoms with Gasteiger partial charge in [0, 0.05) is 20.3 Å². The topological polar surface area (TPSA) is 75.3 Å². The van der Waals surface area contributed by atoms with E-state index in [4.69, 9.17) is 18.9 Å². The Kier molecular flexibility index (Phi) is 25.1. The van der Waals surface area contributed by atoms with E-state index < -0.39 is 0 Å². The number of hydrogen-bond donors (Lipinski definition) is 1. The lowest BCUT2D eigenvalue weighted by atomic mass is 10.5. The number of nitrogens with one attached hydrogen (secondary N) is 1. The first kappa shape index (κ1) is 24.5. The van der Waals surface area contributed by atoms with E-state index in [9.17, 15) is 4.79 Å². The fraction of sp³-hybridized carbons (Fsp3) is 0.938. The van der Waals surface area contributed by atoms with Gasteiger partial charge in [0.05, 0.1) is 46.2 Å². The Bertz CT molecular complexity index is 229. The summed E-state index contributed by atoms with van der Waals surface area (Å²) in [5.74, 6) is -0.141. The molecule has 0 bridgehead atoms. The van der Waals surface area contributed by atoms with Gasteiger partial charge in [-0.05, 0) is 6.42 Å². The molecule has 1 amide bonds. The maximum Gasteiger partial charge on any atom is 0.246 e. The van der Waals surface area contributed by atoms with Crippen LogP contribution in [0.25, 0.3) is 0 Å². The van der Waals surface area contributed by atoms with Crippen LogP contribution in [-0.2, 0) is 28.5 Å². The lowest BCUT2D eigenvalue weighted by Gasteiger charge is -2.07. The van der Waals surface area contributed by atoms with Gasteiger partial charge in [-0.15, -0.1) is 0 Å². The molecule has 0 heterocycles. The highest BCUT2D eigenvalue weighted by molar-refractivity contribution is 5.77. The smallest absolute Gasteiger partial charge is 0.246 e. The second-order valence-corrected chi connectivity index (χ2v) is 4.23. The van der Waals surface area contributed by atoms with Gasteiger partial charge in [-0.1, -0.05) is 20.8 Å². The number of carbonyl (C=O) groups is 1. The molecule has 140 valence electrons. The zero-order valence-corrected chi connectivity index (χ0v) is 15.2. The molecule has 0 spiro atoms. The molecule has 0 aromatic rings. The van der Waals surface area contributed by atoms with Crippen molar-refractivity contribution in [1.82, 2.24) is 5.32 Å². The molecule has 0 saturated carbocycles. The van der Waals surface area contributed by atoms with Crippen molar-refractivity contribution in [3.05, 3.63) is 0 Å². The summed E-state index contributed by atoms with van der Waals surface area (Å²) in [6.07, 6.45) is 1.03. The Balaban J connectivity index is 0. The first-order valence-corrected chi connectivity index (χ1v) is 8.37. The standard InChI is InChI=1S/C14H29NO6.C2H6/c1-3-5-18-7-9-20-11-12-21-10-8-19-6-4-15-14(16)13-17-2;1-2/h3-13H2,1-2H3,(H,15,16);1-2H3. The van der Waals surface area contributed by atoms with Gasteiger partial charge >= 0.3 is 0 Å². The summed E-state index contributed by atoms with van der Waals surface area (Å²) in [7, 11) is 1.48. The van der Waals surface area contributed by atoms with Crippen LogP contribution >= 0.6 is 0 Å². The number of ether oxygens (including phenoxy) is 5. The van der Waals surface area contributed by atoms with Crippen LogP contribution in [0.1, 0.15) is 27.2 Å². The van der Waals surface area contributed by atoms with Crippen LogP contribution < -0.4 is 5.32 Å². The fourth-order valence-corrected chi connectivity index (χ4v) is 1.35. The summed E-state index contributed by atoms with van der Waals surface area (Å²) >= 11 is 0. The quantitative estimate of drug-likeness (QED) is 0.427. The summed E-state index contributed by atoms with van der Waals surface area (Å²) in [5.41, 5.74) is 0. The first-order chi connectivity index (χ1) is 11.3. The molecular formula is C16H35NO6. The molecule has 0 radical (unpaired) electrons. The molecule has 0 fully saturated rings. The molecule has 0 aromatic carbocycles. The number of methoxy groups -OCH3 is 1. The molecule has 0 aromatic heterocycles. The van der Waals surface area contributed by atoms with E-state index in [1.54, 1.807) is 0 Å². The second kappa shape index (κ2) is 23.5. The van der Waals surface area contributed by atoms with Crippen molar-refractivity contribution >= 4 is 5.91 Å². The Morgan fingerprint density at radius 1 is 0.783 bits per heavy atom. The molecule has 23 heavy (non-hydrogen) atoms. The zero-order chi connectivity index (χ0) is 17.6. The minimum Gasteiger partial charge on any atom is -0.379 e. The third kappa shape index (κ3) is 23.7. The molecule has 0 aliphatic carbocycles. The lowest BCUT2D eigenvalue weighted by Crippen LogP contribution is -2.30. The molecule has 1 N–H and O–H groups in total. The summed E-state index contributed by atoms with van der Waals surface area (Å²) in [5, 5.41) is 2.66. The highest BCUT2D eigenvalue weighted by Gasteiger charge is 1.98. The molecule has 0 aliphatic heterocycles. The van der Waals surface area contributed by atoms with Gasteiger partial charge < -0.3 is 29.0 Å². The Hall–Kier alpha value is -0.730. The van der Waals surface area contributed by atoms with Gasteiger partial charge in [-0.3, -0.25) is 4.79 Å². The average Bonchev–Trinajstić information content (AvgIpc) is 2.57. The predicted molar refractivity (Wildman–Crippen MR) is 89.8 cm³/mol. The average molecular weight is 337 g/mol. The molecule has 7 heteroatoms. The van der Waals surface area contributed by atoms with Gasteiger partial charge in [-0.2, -0.15) is 0 Å². The number of rotatable bonds is 16. The van der Waals surface area contributed by atoms with Gasteiger partial charge in [0.15, 0.2) is 0 Å². The molecule has 0 atom stereocenters. The highest BCUT2D eigenvalue weighted by Crippen LogP contribution is 1.84. The van der Waals surface area contributed by atoms with E-state index in [1.807, 2.05) is 13.8 Å². The van der Waals surface area contributed by atoms with Gasteiger partial charge in [0.2, 0.25) is 5.91 Å². The van der Waals surface area contributed by atoms with E-state index >= 15 is 0 Å². The Labute approximate surface area is 140 Å².